The van der Waals surface area contributed by atoms with Gasteiger partial charge in [-0.25, -0.2) is 4.98 Å². The monoisotopic (exact) mass is 488 g/mol. The Kier molecular flexibility index (Phi) is 5.63. The number of fused-ring (bicyclic) bond motifs is 1. The maximum atomic E-state index is 12.4. The number of amides is 1. The average Bonchev–Trinajstić information content (AvgIpc) is 3.13. The third-order valence-corrected chi connectivity index (χ3v) is 5.62. The van der Waals surface area contributed by atoms with Crippen molar-refractivity contribution < 1.29 is 9.21 Å². The van der Waals surface area contributed by atoms with Gasteiger partial charge in [-0.05, 0) is 82.5 Å². The van der Waals surface area contributed by atoms with Crippen molar-refractivity contribution in [3.8, 4) is 11.5 Å². The fraction of sp³-hybridized carbons (Fsp3) is 0.0909. The van der Waals surface area contributed by atoms with Gasteiger partial charge in [-0.15, -0.1) is 0 Å². The van der Waals surface area contributed by atoms with Crippen molar-refractivity contribution in [2.75, 3.05) is 5.32 Å². The summed E-state index contributed by atoms with van der Waals surface area (Å²) in [5.41, 5.74) is 4.51. The SMILES string of the molecule is CCc1cc(Br)c2oc(-c3ccc(NC(=O)c4ccc(Cl)cc4Cl)cc3)nc2c1. The molecule has 0 aliphatic heterocycles. The van der Waals surface area contributed by atoms with E-state index in [0.29, 0.717) is 32.8 Å². The molecular formula is C22H15BrCl2N2O2. The summed E-state index contributed by atoms with van der Waals surface area (Å²) >= 11 is 15.5. The van der Waals surface area contributed by atoms with E-state index in [0.717, 1.165) is 22.0 Å². The maximum Gasteiger partial charge on any atom is 0.257 e. The van der Waals surface area contributed by atoms with E-state index in [9.17, 15) is 4.79 Å². The van der Waals surface area contributed by atoms with Gasteiger partial charge in [0.1, 0.15) is 5.52 Å². The lowest BCUT2D eigenvalue weighted by Crippen LogP contribution is -2.12. The molecule has 0 aliphatic rings. The summed E-state index contributed by atoms with van der Waals surface area (Å²) in [6, 6.07) is 16.1. The van der Waals surface area contributed by atoms with Gasteiger partial charge in [0.25, 0.3) is 5.91 Å². The second kappa shape index (κ2) is 8.19. The summed E-state index contributed by atoms with van der Waals surface area (Å²) < 4.78 is 6.81. The van der Waals surface area contributed by atoms with Gasteiger partial charge in [-0.2, -0.15) is 0 Å². The van der Waals surface area contributed by atoms with Gasteiger partial charge in [-0.3, -0.25) is 4.79 Å². The van der Waals surface area contributed by atoms with Gasteiger partial charge in [0.05, 0.1) is 15.1 Å². The van der Waals surface area contributed by atoms with Crippen molar-refractivity contribution in [2.24, 2.45) is 0 Å². The van der Waals surface area contributed by atoms with Gasteiger partial charge in [0.15, 0.2) is 5.58 Å². The molecule has 1 aromatic heterocycles. The van der Waals surface area contributed by atoms with Gasteiger partial charge in [0.2, 0.25) is 5.89 Å². The molecule has 0 bridgehead atoms. The first-order valence-corrected chi connectivity index (χ1v) is 10.5. The molecule has 29 heavy (non-hydrogen) atoms. The average molecular weight is 490 g/mol. The molecule has 146 valence electrons. The summed E-state index contributed by atoms with van der Waals surface area (Å²) in [5.74, 6) is 0.213. The predicted molar refractivity (Wildman–Crippen MR) is 121 cm³/mol. The number of anilines is 1. The van der Waals surface area contributed by atoms with E-state index >= 15 is 0 Å². The highest BCUT2D eigenvalue weighted by atomic mass is 79.9. The molecule has 4 aromatic rings. The quantitative estimate of drug-likeness (QED) is 0.325. The van der Waals surface area contributed by atoms with Crippen LogP contribution in [0.3, 0.4) is 0 Å². The van der Waals surface area contributed by atoms with E-state index in [2.05, 4.69) is 33.2 Å². The number of hydrogen-bond acceptors (Lipinski definition) is 3. The summed E-state index contributed by atoms with van der Waals surface area (Å²) in [4.78, 5) is 17.0. The Morgan fingerprint density at radius 3 is 2.55 bits per heavy atom. The van der Waals surface area contributed by atoms with Crippen LogP contribution in [0.5, 0.6) is 0 Å². The van der Waals surface area contributed by atoms with E-state index < -0.39 is 0 Å². The summed E-state index contributed by atoms with van der Waals surface area (Å²) in [6.45, 7) is 2.10. The fourth-order valence-electron chi connectivity index (χ4n) is 2.94. The molecular weight excluding hydrogens is 475 g/mol. The molecule has 0 fully saturated rings. The number of aryl methyl sites for hydroxylation is 1. The number of hydrogen-bond donors (Lipinski definition) is 1. The zero-order chi connectivity index (χ0) is 20.5. The lowest BCUT2D eigenvalue weighted by atomic mass is 10.1. The van der Waals surface area contributed by atoms with Crippen molar-refractivity contribution in [2.45, 2.75) is 13.3 Å². The van der Waals surface area contributed by atoms with E-state index in [1.807, 2.05) is 24.3 Å². The molecule has 3 aromatic carbocycles. The zero-order valence-corrected chi connectivity index (χ0v) is 18.4. The second-order valence-corrected chi connectivity index (χ2v) is 8.15. The molecule has 0 saturated carbocycles. The van der Waals surface area contributed by atoms with Crippen LogP contribution in [0.2, 0.25) is 10.0 Å². The molecule has 0 spiro atoms. The standard InChI is InChI=1S/C22H15BrCl2N2O2/c1-2-12-9-17(23)20-19(10-12)27-22(29-20)13-3-6-15(7-4-13)26-21(28)16-8-5-14(24)11-18(16)25/h3-11H,2H2,1H3,(H,26,28). The van der Waals surface area contributed by atoms with Crippen molar-refractivity contribution in [3.05, 3.63) is 80.2 Å². The minimum atomic E-state index is -0.308. The van der Waals surface area contributed by atoms with Gasteiger partial charge >= 0.3 is 0 Å². The maximum absolute atomic E-state index is 12.4. The molecule has 0 atom stereocenters. The number of carbonyl (C=O) groups is 1. The Hall–Kier alpha value is -2.34. The number of halogens is 3. The Labute approximate surface area is 186 Å². The summed E-state index contributed by atoms with van der Waals surface area (Å²) in [7, 11) is 0. The van der Waals surface area contributed by atoms with Gasteiger partial charge in [-0.1, -0.05) is 30.1 Å². The number of rotatable bonds is 4. The minimum Gasteiger partial charge on any atom is -0.435 e. The van der Waals surface area contributed by atoms with E-state index in [1.54, 1.807) is 24.3 Å². The van der Waals surface area contributed by atoms with Crippen molar-refractivity contribution in [3.63, 3.8) is 0 Å². The highest BCUT2D eigenvalue weighted by Gasteiger charge is 2.14. The molecule has 1 heterocycles. The second-order valence-electron chi connectivity index (χ2n) is 6.45. The van der Waals surface area contributed by atoms with Gasteiger partial charge < -0.3 is 9.73 Å². The smallest absolute Gasteiger partial charge is 0.257 e. The fourth-order valence-corrected chi connectivity index (χ4v) is 4.01. The number of benzene rings is 3. The van der Waals surface area contributed by atoms with Crippen LogP contribution in [0.15, 0.2) is 63.5 Å². The van der Waals surface area contributed by atoms with Crippen LogP contribution >= 0.6 is 39.1 Å². The predicted octanol–water partition coefficient (Wildman–Crippen LogP) is 7.38. The van der Waals surface area contributed by atoms with E-state index in [1.165, 1.54) is 11.6 Å². The van der Waals surface area contributed by atoms with Crippen LogP contribution < -0.4 is 5.32 Å². The van der Waals surface area contributed by atoms with Crippen LogP contribution in [-0.4, -0.2) is 10.9 Å². The Morgan fingerprint density at radius 2 is 1.86 bits per heavy atom. The lowest BCUT2D eigenvalue weighted by Gasteiger charge is -2.07. The molecule has 0 saturated heterocycles. The van der Waals surface area contributed by atoms with E-state index in [4.69, 9.17) is 27.6 Å². The molecule has 4 rings (SSSR count). The first kappa shape index (κ1) is 20.0. The van der Waals surface area contributed by atoms with Crippen molar-refractivity contribution >= 4 is 61.8 Å². The number of aromatic nitrogens is 1. The first-order chi connectivity index (χ1) is 13.9. The zero-order valence-electron chi connectivity index (χ0n) is 15.3. The molecule has 0 unspecified atom stereocenters. The minimum absolute atomic E-state index is 0.301. The third kappa shape index (κ3) is 4.17. The van der Waals surface area contributed by atoms with Gasteiger partial charge in [0, 0.05) is 16.3 Å². The molecule has 0 aliphatic carbocycles. The van der Waals surface area contributed by atoms with Crippen LogP contribution in [-0.2, 0) is 6.42 Å². The third-order valence-electron chi connectivity index (χ3n) is 4.48. The van der Waals surface area contributed by atoms with Crippen molar-refractivity contribution in [1.82, 2.24) is 4.98 Å². The van der Waals surface area contributed by atoms with Crippen molar-refractivity contribution in [1.29, 1.82) is 0 Å². The number of carbonyl (C=O) groups excluding carboxylic acids is 1. The lowest BCUT2D eigenvalue weighted by molar-refractivity contribution is 0.102. The highest BCUT2D eigenvalue weighted by molar-refractivity contribution is 9.10. The Morgan fingerprint density at radius 1 is 1.10 bits per heavy atom. The normalized spacial score (nSPS) is 11.0. The van der Waals surface area contributed by atoms with Crippen LogP contribution in [0, 0.1) is 0 Å². The van der Waals surface area contributed by atoms with Crippen LogP contribution in [0.25, 0.3) is 22.6 Å². The molecule has 0 radical (unpaired) electrons. The first-order valence-electron chi connectivity index (χ1n) is 8.90. The number of nitrogens with one attached hydrogen (secondary N) is 1. The van der Waals surface area contributed by atoms with Crippen LogP contribution in [0.4, 0.5) is 5.69 Å². The Bertz CT molecular complexity index is 1220. The molecule has 1 amide bonds. The summed E-state index contributed by atoms with van der Waals surface area (Å²) in [6.07, 6.45) is 0.919. The molecule has 1 N–H and O–H groups in total. The van der Waals surface area contributed by atoms with E-state index in [-0.39, 0.29) is 5.91 Å². The Balaban J connectivity index is 1.57. The number of nitrogens with zero attached hydrogens (tertiary/aromatic N) is 1. The summed E-state index contributed by atoms with van der Waals surface area (Å²) in [5, 5.41) is 3.60. The molecule has 4 nitrogen and oxygen atoms in total. The largest absolute Gasteiger partial charge is 0.435 e. The van der Waals surface area contributed by atoms with Crippen LogP contribution in [0.1, 0.15) is 22.8 Å². The number of oxazole rings is 1. The topological polar surface area (TPSA) is 55.1 Å². The highest BCUT2D eigenvalue weighted by Crippen LogP contribution is 2.31. The molecule has 7 heteroatoms.